The van der Waals surface area contributed by atoms with Crippen molar-refractivity contribution in [1.82, 2.24) is 4.90 Å². The number of carbonyl (C=O) groups is 3. The molecule has 0 aromatic heterocycles. The molecule has 1 aliphatic carbocycles. The Morgan fingerprint density at radius 2 is 1.83 bits per heavy atom. The van der Waals surface area contributed by atoms with E-state index in [9.17, 15) is 19.5 Å². The molecule has 0 saturated carbocycles. The Morgan fingerprint density at radius 1 is 1.13 bits per heavy atom. The van der Waals surface area contributed by atoms with E-state index in [1.807, 2.05) is 37.1 Å². The number of benzene rings is 3. The summed E-state index contributed by atoms with van der Waals surface area (Å²) in [4.78, 5) is 40.4. The molecule has 0 radical (unpaired) electrons. The third-order valence-corrected chi connectivity index (χ3v) is 9.62. The molecule has 2 aliphatic rings. The van der Waals surface area contributed by atoms with E-state index in [0.29, 0.717) is 51.7 Å². The van der Waals surface area contributed by atoms with Crippen LogP contribution in [0.2, 0.25) is 5.02 Å². The molecular weight excluding hydrogens is 623 g/mol. The average Bonchev–Trinajstić information content (AvgIpc) is 3.14. The molecule has 3 aromatic carbocycles. The maximum Gasteiger partial charge on any atom is 0.258 e. The molecule has 2 N–H and O–H groups in total. The van der Waals surface area contributed by atoms with Crippen molar-refractivity contribution in [3.05, 3.63) is 82.1 Å². The van der Waals surface area contributed by atoms with Crippen LogP contribution >= 0.6 is 11.6 Å². The molecule has 1 fully saturated rings. The highest BCUT2D eigenvalue weighted by molar-refractivity contribution is 6.36. The Hall–Kier alpha value is -3.89. The van der Waals surface area contributed by atoms with Gasteiger partial charge in [-0.1, -0.05) is 61.9 Å². The van der Waals surface area contributed by atoms with Crippen LogP contribution in [0, 0.1) is 24.6 Å². The number of rotatable bonds is 8. The zero-order chi connectivity index (χ0) is 34.0. The molecule has 0 spiro atoms. The first-order chi connectivity index (χ1) is 22.4. The van der Waals surface area contributed by atoms with E-state index in [2.05, 4.69) is 5.32 Å². The lowest BCUT2D eigenvalue weighted by atomic mass is 9.94. The first-order valence-electron chi connectivity index (χ1n) is 15.7. The number of hydrogen-bond donors (Lipinski definition) is 2. The second-order valence-electron chi connectivity index (χ2n) is 12.5. The van der Waals surface area contributed by atoms with Gasteiger partial charge in [0.05, 0.1) is 30.4 Å². The van der Waals surface area contributed by atoms with E-state index in [1.54, 1.807) is 38.1 Å². The number of Topliss-reactive ketones (excluding diaryl/α,β-unsaturated/α-hetero) is 2. The third kappa shape index (κ3) is 7.18. The normalized spacial score (nSPS) is 21.8. The van der Waals surface area contributed by atoms with E-state index >= 15 is 4.39 Å². The van der Waals surface area contributed by atoms with Crippen molar-refractivity contribution < 1.29 is 33.4 Å². The van der Waals surface area contributed by atoms with Gasteiger partial charge in [-0.2, -0.15) is 0 Å². The third-order valence-electron chi connectivity index (χ3n) is 9.21. The van der Waals surface area contributed by atoms with Crippen LogP contribution in [0.1, 0.15) is 37.8 Å². The van der Waals surface area contributed by atoms with Crippen LogP contribution in [0.4, 0.5) is 10.1 Å². The number of amides is 1. The molecule has 5 rings (SSSR count). The molecule has 8 nitrogen and oxygen atoms in total. The predicted octanol–water partition coefficient (Wildman–Crippen LogP) is 6.39. The molecule has 1 amide bonds. The number of methoxy groups -OCH3 is 1. The monoisotopic (exact) mass is 662 g/mol. The zero-order valence-electron chi connectivity index (χ0n) is 27.2. The highest BCUT2D eigenvalue weighted by Crippen LogP contribution is 2.41. The Labute approximate surface area is 279 Å². The molecule has 0 bridgehead atoms. The number of nitrogens with one attached hydrogen (secondary N) is 1. The fraction of sp³-hybridized carbons (Fsp3) is 0.378. The lowest BCUT2D eigenvalue weighted by Gasteiger charge is -2.35. The van der Waals surface area contributed by atoms with Gasteiger partial charge in [-0.25, -0.2) is 4.39 Å². The van der Waals surface area contributed by atoms with Crippen LogP contribution in [0.25, 0.3) is 22.3 Å². The molecule has 10 heteroatoms. The molecule has 4 atom stereocenters. The van der Waals surface area contributed by atoms with Crippen molar-refractivity contribution in [3.63, 3.8) is 0 Å². The smallest absolute Gasteiger partial charge is 0.258 e. The van der Waals surface area contributed by atoms with Crippen LogP contribution in [-0.4, -0.2) is 67.0 Å². The van der Waals surface area contributed by atoms with Gasteiger partial charge < -0.3 is 19.9 Å². The van der Waals surface area contributed by atoms with Crippen LogP contribution < -0.4 is 10.1 Å². The molecule has 1 saturated heterocycles. The first-order valence-corrected chi connectivity index (χ1v) is 16.1. The fourth-order valence-electron chi connectivity index (χ4n) is 6.48. The SMILES string of the molecule is COc1cc(-c2cccc(-c3cccc(NC(=O)C4=CC(C)C(=O)C(C)CC4=O)c3C)c2Cl)cc(F)c1CN(C)[C@@H]1CCOC[C@@H]1O. The lowest BCUT2D eigenvalue weighted by Crippen LogP contribution is -2.47. The van der Waals surface area contributed by atoms with Crippen molar-refractivity contribution >= 4 is 34.8 Å². The molecule has 47 heavy (non-hydrogen) atoms. The predicted molar refractivity (Wildman–Crippen MR) is 180 cm³/mol. The number of ether oxygens (including phenoxy) is 2. The van der Waals surface area contributed by atoms with Gasteiger partial charge in [0.15, 0.2) is 5.78 Å². The van der Waals surface area contributed by atoms with Gasteiger partial charge >= 0.3 is 0 Å². The molecule has 1 heterocycles. The van der Waals surface area contributed by atoms with Gasteiger partial charge in [-0.15, -0.1) is 0 Å². The fourth-order valence-corrected chi connectivity index (χ4v) is 6.81. The molecule has 2 unspecified atom stereocenters. The number of hydrogen-bond acceptors (Lipinski definition) is 7. The van der Waals surface area contributed by atoms with E-state index in [1.165, 1.54) is 19.3 Å². The summed E-state index contributed by atoms with van der Waals surface area (Å²) in [6, 6.07) is 13.9. The lowest BCUT2D eigenvalue weighted by molar-refractivity contribution is -0.127. The Morgan fingerprint density at radius 3 is 2.55 bits per heavy atom. The Bertz CT molecular complexity index is 1740. The quantitative estimate of drug-likeness (QED) is 0.269. The summed E-state index contributed by atoms with van der Waals surface area (Å²) in [5, 5.41) is 13.6. The summed E-state index contributed by atoms with van der Waals surface area (Å²) in [7, 11) is 3.34. The van der Waals surface area contributed by atoms with Crippen molar-refractivity contribution in [2.75, 3.05) is 32.7 Å². The highest BCUT2D eigenvalue weighted by Gasteiger charge is 2.31. The van der Waals surface area contributed by atoms with Crippen LogP contribution in [0.15, 0.2) is 60.2 Å². The number of anilines is 1. The number of aliphatic hydroxyl groups is 1. The number of ketones is 2. The van der Waals surface area contributed by atoms with Crippen LogP contribution in [-0.2, 0) is 25.7 Å². The molecule has 1 aliphatic heterocycles. The summed E-state index contributed by atoms with van der Waals surface area (Å²) in [6.45, 7) is 6.25. The molecule has 3 aromatic rings. The van der Waals surface area contributed by atoms with Gasteiger partial charge in [0.25, 0.3) is 5.91 Å². The van der Waals surface area contributed by atoms with Crippen LogP contribution in [0.3, 0.4) is 0 Å². The number of likely N-dealkylation sites (N-methyl/N-ethyl adjacent to an activating group) is 1. The van der Waals surface area contributed by atoms with Gasteiger partial charge in [0.1, 0.15) is 17.3 Å². The number of aliphatic hydroxyl groups excluding tert-OH is 1. The summed E-state index contributed by atoms with van der Waals surface area (Å²) >= 11 is 7.02. The summed E-state index contributed by atoms with van der Waals surface area (Å²) in [6.07, 6.45) is 1.43. The largest absolute Gasteiger partial charge is 0.496 e. The van der Waals surface area contributed by atoms with E-state index in [0.717, 1.165) is 11.1 Å². The van der Waals surface area contributed by atoms with Gasteiger partial charge in [0, 0.05) is 59.8 Å². The standard InChI is InChI=1S/C37H40ClFN2O6/c1-20-14-27(32(42)15-21(2)36(20)44)37(45)40-30-11-7-8-24(22(30)3)26-10-6-9-25(35(26)38)23-16-29(39)28(34(17-23)46-5)18-41(4)31-12-13-47-19-33(31)43/h6-11,14,16-17,20-21,31,33,43H,12-13,15,18-19H2,1-5H3,(H,40,45)/t20?,21?,31-,33+/m1/s1. The Balaban J connectivity index is 1.43. The highest BCUT2D eigenvalue weighted by atomic mass is 35.5. The topological polar surface area (TPSA) is 105 Å². The second kappa shape index (κ2) is 14.5. The maximum atomic E-state index is 15.8. The van der Waals surface area contributed by atoms with E-state index in [4.69, 9.17) is 21.1 Å². The Kier molecular flexibility index (Phi) is 10.6. The van der Waals surface area contributed by atoms with Gasteiger partial charge in [-0.3, -0.25) is 19.3 Å². The minimum atomic E-state index is -0.659. The number of allylic oxidation sites excluding steroid dienone is 1. The zero-order valence-corrected chi connectivity index (χ0v) is 28.0. The minimum absolute atomic E-state index is 0.00796. The number of halogens is 2. The molecule has 248 valence electrons. The van der Waals surface area contributed by atoms with Gasteiger partial charge in [-0.05, 0) is 55.3 Å². The maximum absolute atomic E-state index is 15.8. The van der Waals surface area contributed by atoms with Gasteiger partial charge in [0.2, 0.25) is 0 Å². The van der Waals surface area contributed by atoms with E-state index in [-0.39, 0.29) is 42.8 Å². The number of nitrogens with zero attached hydrogens (tertiary/aromatic N) is 1. The minimum Gasteiger partial charge on any atom is -0.496 e. The summed E-state index contributed by atoms with van der Waals surface area (Å²) in [5.41, 5.74) is 4.11. The summed E-state index contributed by atoms with van der Waals surface area (Å²) < 4.78 is 26.7. The molecular formula is C37H40ClFN2O6. The van der Waals surface area contributed by atoms with E-state index < -0.39 is 29.7 Å². The van der Waals surface area contributed by atoms with Crippen molar-refractivity contribution in [2.24, 2.45) is 11.8 Å². The first kappa shape index (κ1) is 34.4. The van der Waals surface area contributed by atoms with Crippen molar-refractivity contribution in [1.29, 1.82) is 0 Å². The van der Waals surface area contributed by atoms with Crippen molar-refractivity contribution in [2.45, 2.75) is 52.3 Å². The second-order valence-corrected chi connectivity index (χ2v) is 12.8. The number of carbonyl (C=O) groups excluding carboxylic acids is 3. The summed E-state index contributed by atoms with van der Waals surface area (Å²) in [5.74, 6) is -2.07. The van der Waals surface area contributed by atoms with Crippen molar-refractivity contribution in [3.8, 4) is 28.0 Å². The average molecular weight is 663 g/mol. The van der Waals surface area contributed by atoms with Crippen LogP contribution in [0.5, 0.6) is 5.75 Å².